The van der Waals surface area contributed by atoms with E-state index in [1.807, 2.05) is 18.3 Å². The van der Waals surface area contributed by atoms with E-state index in [1.165, 1.54) is 17.8 Å². The maximum atomic E-state index is 5.25. The molecule has 0 aliphatic carbocycles. The van der Waals surface area contributed by atoms with Gasteiger partial charge in [0.1, 0.15) is 17.4 Å². The summed E-state index contributed by atoms with van der Waals surface area (Å²) in [5.41, 5.74) is 1.29. The summed E-state index contributed by atoms with van der Waals surface area (Å²) >= 11 is 0. The Morgan fingerprint density at radius 2 is 2.32 bits per heavy atom. The molecule has 2 heterocycles. The minimum absolute atomic E-state index is 0.921. The lowest BCUT2D eigenvalue weighted by atomic mass is 10.1. The van der Waals surface area contributed by atoms with E-state index in [0.29, 0.717) is 0 Å². The third kappa shape index (κ3) is 2.57. The summed E-state index contributed by atoms with van der Waals surface area (Å²) in [6.45, 7) is 2.14. The number of hydrogen-bond donors (Lipinski definition) is 1. The van der Waals surface area contributed by atoms with Crippen LogP contribution in [-0.2, 0) is 19.4 Å². The van der Waals surface area contributed by atoms with E-state index in [4.69, 9.17) is 4.74 Å². The number of rotatable bonds is 4. The van der Waals surface area contributed by atoms with Crippen molar-refractivity contribution in [1.29, 1.82) is 0 Å². The highest BCUT2D eigenvalue weighted by Crippen LogP contribution is 2.19. The number of imidazole rings is 1. The highest BCUT2D eigenvalue weighted by Gasteiger charge is 2.12. The van der Waals surface area contributed by atoms with Crippen LogP contribution in [0.4, 0.5) is 5.82 Å². The summed E-state index contributed by atoms with van der Waals surface area (Å²) in [6, 6.07) is 8.25. The zero-order chi connectivity index (χ0) is 13.1. The van der Waals surface area contributed by atoms with Crippen molar-refractivity contribution in [3.05, 3.63) is 41.9 Å². The molecular weight excluding hydrogens is 238 g/mol. The molecule has 0 bridgehead atoms. The Labute approximate surface area is 113 Å². The number of hydrogen-bond acceptors (Lipinski definition) is 3. The number of nitrogens with zero attached hydrogens (tertiary/aromatic N) is 2. The van der Waals surface area contributed by atoms with Gasteiger partial charge in [-0.05, 0) is 30.5 Å². The predicted molar refractivity (Wildman–Crippen MR) is 75.7 cm³/mol. The van der Waals surface area contributed by atoms with Crippen LogP contribution in [0.3, 0.4) is 0 Å². The van der Waals surface area contributed by atoms with Crippen LogP contribution in [0.15, 0.2) is 30.5 Å². The van der Waals surface area contributed by atoms with Gasteiger partial charge in [0.25, 0.3) is 0 Å². The fourth-order valence-corrected chi connectivity index (χ4v) is 2.54. The zero-order valence-corrected chi connectivity index (χ0v) is 11.2. The van der Waals surface area contributed by atoms with Gasteiger partial charge in [0.2, 0.25) is 0 Å². The highest BCUT2D eigenvalue weighted by molar-refractivity contribution is 5.37. The predicted octanol–water partition coefficient (Wildman–Crippen LogP) is 2.49. The van der Waals surface area contributed by atoms with Crippen molar-refractivity contribution in [1.82, 2.24) is 9.55 Å². The monoisotopic (exact) mass is 257 g/mol. The first-order chi connectivity index (χ1) is 9.36. The standard InChI is InChI=1S/C15H19N3O/c1-19-13-5-2-4-12(10-13)6-7-14-17-11-15-16-8-3-9-18(14)15/h2,4-5,10-11,16H,3,6-9H2,1H3. The minimum Gasteiger partial charge on any atom is -0.497 e. The first-order valence-electron chi connectivity index (χ1n) is 6.78. The summed E-state index contributed by atoms with van der Waals surface area (Å²) in [5.74, 6) is 3.25. The van der Waals surface area contributed by atoms with Crippen LogP contribution >= 0.6 is 0 Å². The third-order valence-electron chi connectivity index (χ3n) is 3.57. The van der Waals surface area contributed by atoms with Crippen LogP contribution in [0.2, 0.25) is 0 Å². The van der Waals surface area contributed by atoms with Gasteiger partial charge in [0.05, 0.1) is 13.3 Å². The molecule has 0 spiro atoms. The van der Waals surface area contributed by atoms with E-state index < -0.39 is 0 Å². The van der Waals surface area contributed by atoms with E-state index >= 15 is 0 Å². The molecule has 3 rings (SSSR count). The van der Waals surface area contributed by atoms with Crippen LogP contribution in [-0.4, -0.2) is 23.2 Å². The van der Waals surface area contributed by atoms with Crippen molar-refractivity contribution in [2.24, 2.45) is 0 Å². The second-order valence-corrected chi connectivity index (χ2v) is 4.84. The molecule has 4 heteroatoms. The molecule has 1 aliphatic rings. The van der Waals surface area contributed by atoms with E-state index in [1.54, 1.807) is 7.11 Å². The summed E-state index contributed by atoms with van der Waals surface area (Å²) in [6.07, 6.45) is 5.08. The first kappa shape index (κ1) is 12.1. The summed E-state index contributed by atoms with van der Waals surface area (Å²) < 4.78 is 7.55. The molecule has 4 nitrogen and oxygen atoms in total. The van der Waals surface area contributed by atoms with Crippen molar-refractivity contribution in [3.8, 4) is 5.75 Å². The zero-order valence-electron chi connectivity index (χ0n) is 11.2. The lowest BCUT2D eigenvalue weighted by Crippen LogP contribution is -2.18. The van der Waals surface area contributed by atoms with Crippen molar-refractivity contribution >= 4 is 5.82 Å². The van der Waals surface area contributed by atoms with Gasteiger partial charge in [0.15, 0.2) is 0 Å². The van der Waals surface area contributed by atoms with Crippen molar-refractivity contribution in [2.45, 2.75) is 25.8 Å². The van der Waals surface area contributed by atoms with Gasteiger partial charge in [-0.25, -0.2) is 4.98 Å². The molecule has 100 valence electrons. The van der Waals surface area contributed by atoms with Gasteiger partial charge in [-0.15, -0.1) is 0 Å². The Morgan fingerprint density at radius 3 is 3.21 bits per heavy atom. The molecule has 1 N–H and O–H groups in total. The molecule has 0 saturated heterocycles. The van der Waals surface area contributed by atoms with E-state index in [-0.39, 0.29) is 0 Å². The van der Waals surface area contributed by atoms with Crippen LogP contribution in [0, 0.1) is 0 Å². The molecule has 2 aromatic rings. The molecule has 0 radical (unpaired) electrons. The Kier molecular flexibility index (Phi) is 3.40. The molecular formula is C15H19N3O. The lowest BCUT2D eigenvalue weighted by molar-refractivity contribution is 0.414. The Balaban J connectivity index is 1.70. The fraction of sp³-hybridized carbons (Fsp3) is 0.400. The van der Waals surface area contributed by atoms with Gasteiger partial charge >= 0.3 is 0 Å². The number of aryl methyl sites for hydroxylation is 2. The number of nitrogens with one attached hydrogen (secondary N) is 1. The van der Waals surface area contributed by atoms with Crippen molar-refractivity contribution < 1.29 is 4.74 Å². The number of ether oxygens (including phenoxy) is 1. The molecule has 0 amide bonds. The molecule has 0 saturated carbocycles. The maximum absolute atomic E-state index is 5.25. The average Bonchev–Trinajstić information content (AvgIpc) is 2.89. The molecule has 0 atom stereocenters. The second kappa shape index (κ2) is 5.34. The van der Waals surface area contributed by atoms with Crippen molar-refractivity contribution in [2.75, 3.05) is 19.0 Å². The van der Waals surface area contributed by atoms with Gasteiger partial charge < -0.3 is 14.6 Å². The van der Waals surface area contributed by atoms with Crippen LogP contribution in [0.5, 0.6) is 5.75 Å². The SMILES string of the molecule is COc1cccc(CCc2ncc3n2CCCN3)c1. The highest BCUT2D eigenvalue weighted by atomic mass is 16.5. The van der Waals surface area contributed by atoms with Crippen LogP contribution < -0.4 is 10.1 Å². The smallest absolute Gasteiger partial charge is 0.126 e. The molecule has 19 heavy (non-hydrogen) atoms. The number of methoxy groups -OCH3 is 1. The topological polar surface area (TPSA) is 39.1 Å². The minimum atomic E-state index is 0.921. The summed E-state index contributed by atoms with van der Waals surface area (Å²) in [4.78, 5) is 4.52. The molecule has 1 aromatic heterocycles. The third-order valence-corrected chi connectivity index (χ3v) is 3.57. The van der Waals surface area contributed by atoms with E-state index in [0.717, 1.165) is 37.5 Å². The Bertz CT molecular complexity index is 562. The largest absolute Gasteiger partial charge is 0.497 e. The number of anilines is 1. The Hall–Kier alpha value is -1.97. The first-order valence-corrected chi connectivity index (χ1v) is 6.78. The van der Waals surface area contributed by atoms with Gasteiger partial charge in [-0.3, -0.25) is 0 Å². The van der Waals surface area contributed by atoms with Crippen molar-refractivity contribution in [3.63, 3.8) is 0 Å². The molecule has 1 aromatic carbocycles. The summed E-state index contributed by atoms with van der Waals surface area (Å²) in [7, 11) is 1.70. The normalized spacial score (nSPS) is 13.7. The number of aromatic nitrogens is 2. The number of fused-ring (bicyclic) bond motifs is 1. The maximum Gasteiger partial charge on any atom is 0.126 e. The Morgan fingerprint density at radius 1 is 1.37 bits per heavy atom. The molecule has 0 unspecified atom stereocenters. The van der Waals surface area contributed by atoms with E-state index in [9.17, 15) is 0 Å². The van der Waals surface area contributed by atoms with Gasteiger partial charge in [-0.1, -0.05) is 12.1 Å². The average molecular weight is 257 g/mol. The van der Waals surface area contributed by atoms with Gasteiger partial charge in [-0.2, -0.15) is 0 Å². The number of benzene rings is 1. The molecule has 1 aliphatic heterocycles. The van der Waals surface area contributed by atoms with Crippen LogP contribution in [0.1, 0.15) is 17.8 Å². The molecule has 0 fully saturated rings. The lowest BCUT2D eigenvalue weighted by Gasteiger charge is -2.18. The fourth-order valence-electron chi connectivity index (χ4n) is 2.54. The van der Waals surface area contributed by atoms with Gasteiger partial charge in [0, 0.05) is 19.5 Å². The quantitative estimate of drug-likeness (QED) is 0.914. The summed E-state index contributed by atoms with van der Waals surface area (Å²) in [5, 5.41) is 3.38. The van der Waals surface area contributed by atoms with Crippen LogP contribution in [0.25, 0.3) is 0 Å². The second-order valence-electron chi connectivity index (χ2n) is 4.84. The van der Waals surface area contributed by atoms with E-state index in [2.05, 4.69) is 27.0 Å².